The van der Waals surface area contributed by atoms with E-state index in [4.69, 9.17) is 4.74 Å². The average Bonchev–Trinajstić information content (AvgIpc) is 2.58. The molecule has 2 fully saturated rings. The molecule has 0 spiro atoms. The van der Waals surface area contributed by atoms with Crippen LogP contribution in [0.3, 0.4) is 0 Å². The van der Waals surface area contributed by atoms with Crippen molar-refractivity contribution in [2.75, 3.05) is 0 Å². The van der Waals surface area contributed by atoms with Gasteiger partial charge in [-0.3, -0.25) is 14.4 Å². The fraction of sp³-hybridized carbons (Fsp3) is 0.583. The zero-order valence-electron chi connectivity index (χ0n) is 8.93. The maximum atomic E-state index is 11.8. The molecule has 0 aromatic carbocycles. The van der Waals surface area contributed by atoms with Crippen molar-refractivity contribution in [1.82, 2.24) is 0 Å². The summed E-state index contributed by atoms with van der Waals surface area (Å²) in [5, 5.41) is 0. The number of carbonyl (C=O) groups is 3. The van der Waals surface area contributed by atoms with Crippen LogP contribution in [0.2, 0.25) is 0 Å². The summed E-state index contributed by atoms with van der Waals surface area (Å²) in [7, 11) is 0. The van der Waals surface area contributed by atoms with Gasteiger partial charge in [0.05, 0.1) is 17.3 Å². The van der Waals surface area contributed by atoms with Crippen molar-refractivity contribution in [2.45, 2.75) is 19.8 Å². The molecule has 4 rings (SSSR count). The second-order valence-electron chi connectivity index (χ2n) is 4.90. The molecule has 1 saturated carbocycles. The second kappa shape index (κ2) is 2.81. The quantitative estimate of drug-likeness (QED) is 0.373. The Labute approximate surface area is 92.6 Å². The smallest absolute Gasteiger partial charge is 0.318 e. The topological polar surface area (TPSA) is 60.4 Å². The number of esters is 2. The normalized spacial score (nSPS) is 44.4. The van der Waals surface area contributed by atoms with Gasteiger partial charge in [-0.25, -0.2) is 0 Å². The van der Waals surface area contributed by atoms with Crippen LogP contribution in [0.25, 0.3) is 0 Å². The van der Waals surface area contributed by atoms with E-state index in [1.807, 2.05) is 12.2 Å². The predicted octanol–water partition coefficient (Wildman–Crippen LogP) is 0.857. The number of hydrogen-bond donors (Lipinski definition) is 0. The van der Waals surface area contributed by atoms with E-state index in [2.05, 4.69) is 0 Å². The van der Waals surface area contributed by atoms with Crippen LogP contribution in [0.15, 0.2) is 12.2 Å². The predicted molar refractivity (Wildman–Crippen MR) is 53.1 cm³/mol. The molecule has 1 aliphatic heterocycles. The van der Waals surface area contributed by atoms with Crippen molar-refractivity contribution >= 4 is 17.7 Å². The Balaban J connectivity index is 2.16. The van der Waals surface area contributed by atoms with Gasteiger partial charge >= 0.3 is 11.9 Å². The number of Topliss-reactive ketones (excluding diaryl/α,β-unsaturated/α-hetero) is 1. The molecule has 0 amide bonds. The Bertz CT molecular complexity index is 436. The number of rotatable bonds is 1. The first-order valence-electron chi connectivity index (χ1n) is 5.52. The third kappa shape index (κ3) is 0.925. The summed E-state index contributed by atoms with van der Waals surface area (Å²) in [5.41, 5.74) is -0.775. The van der Waals surface area contributed by atoms with Crippen molar-refractivity contribution < 1.29 is 19.1 Å². The van der Waals surface area contributed by atoms with Gasteiger partial charge in [0.2, 0.25) is 0 Å². The van der Waals surface area contributed by atoms with E-state index in [1.165, 1.54) is 6.92 Å². The molecule has 2 bridgehead atoms. The van der Waals surface area contributed by atoms with E-state index < -0.39 is 29.2 Å². The molecule has 0 aromatic rings. The lowest BCUT2D eigenvalue weighted by Crippen LogP contribution is -2.50. The van der Waals surface area contributed by atoms with Crippen LogP contribution in [0.4, 0.5) is 0 Å². The van der Waals surface area contributed by atoms with Gasteiger partial charge in [0, 0.05) is 0 Å². The van der Waals surface area contributed by atoms with Crippen molar-refractivity contribution in [3.8, 4) is 0 Å². The van der Waals surface area contributed by atoms with Crippen LogP contribution in [-0.2, 0) is 19.1 Å². The molecule has 4 aliphatic rings. The molecular weight excluding hydrogens is 208 g/mol. The highest BCUT2D eigenvalue weighted by Gasteiger charge is 2.63. The molecule has 4 unspecified atom stereocenters. The molecule has 0 aromatic heterocycles. The standard InChI is InChI=1S/C12H12O4/c1-6(13)12-4-2-7(3-5-12)8-9(12)11(15)16-10(8)14/h2,4,7-9H,3,5H2,1H3. The third-order valence-electron chi connectivity index (χ3n) is 4.29. The van der Waals surface area contributed by atoms with Crippen LogP contribution in [0.1, 0.15) is 19.8 Å². The van der Waals surface area contributed by atoms with Gasteiger partial charge in [0.1, 0.15) is 5.78 Å². The summed E-state index contributed by atoms with van der Waals surface area (Å²) < 4.78 is 4.69. The number of carbonyl (C=O) groups excluding carboxylic acids is 3. The SMILES string of the molecule is CC(=O)C12C=CC(CC1)C1C(=O)OC(=O)C12. The maximum absolute atomic E-state index is 11.8. The first kappa shape index (κ1) is 9.75. The molecule has 4 atom stereocenters. The van der Waals surface area contributed by atoms with Gasteiger partial charge < -0.3 is 4.74 Å². The number of allylic oxidation sites excluding steroid dienone is 2. The molecule has 16 heavy (non-hydrogen) atoms. The highest BCUT2D eigenvalue weighted by Crippen LogP contribution is 2.56. The lowest BCUT2D eigenvalue weighted by molar-refractivity contribution is -0.155. The van der Waals surface area contributed by atoms with E-state index in [1.54, 1.807) is 0 Å². The van der Waals surface area contributed by atoms with Gasteiger partial charge in [-0.2, -0.15) is 0 Å². The van der Waals surface area contributed by atoms with Gasteiger partial charge in [-0.05, 0) is 25.7 Å². The molecule has 4 nitrogen and oxygen atoms in total. The van der Waals surface area contributed by atoms with Crippen molar-refractivity contribution in [2.24, 2.45) is 23.2 Å². The van der Waals surface area contributed by atoms with Crippen LogP contribution in [0, 0.1) is 23.2 Å². The fourth-order valence-electron chi connectivity index (χ4n) is 3.42. The highest BCUT2D eigenvalue weighted by atomic mass is 16.6. The lowest BCUT2D eigenvalue weighted by Gasteiger charge is -2.45. The van der Waals surface area contributed by atoms with Crippen LogP contribution < -0.4 is 0 Å². The summed E-state index contributed by atoms with van der Waals surface area (Å²) in [5.74, 6) is -1.92. The van der Waals surface area contributed by atoms with E-state index in [0.717, 1.165) is 6.42 Å². The van der Waals surface area contributed by atoms with Crippen LogP contribution in [-0.4, -0.2) is 17.7 Å². The minimum Gasteiger partial charge on any atom is -0.393 e. The number of ketones is 1. The Kier molecular flexibility index (Phi) is 1.71. The summed E-state index contributed by atoms with van der Waals surface area (Å²) in [4.78, 5) is 35.1. The highest BCUT2D eigenvalue weighted by molar-refractivity contribution is 6.02. The van der Waals surface area contributed by atoms with E-state index >= 15 is 0 Å². The summed E-state index contributed by atoms with van der Waals surface area (Å²) >= 11 is 0. The van der Waals surface area contributed by atoms with Crippen molar-refractivity contribution in [3.63, 3.8) is 0 Å². The first-order chi connectivity index (χ1) is 7.56. The third-order valence-corrected chi connectivity index (χ3v) is 4.29. The molecule has 0 N–H and O–H groups in total. The maximum Gasteiger partial charge on any atom is 0.318 e. The minimum absolute atomic E-state index is 0.0384. The number of hydrogen-bond acceptors (Lipinski definition) is 4. The van der Waals surface area contributed by atoms with Crippen LogP contribution >= 0.6 is 0 Å². The number of cyclic esters (lactones) is 2. The Hall–Kier alpha value is -1.45. The van der Waals surface area contributed by atoms with E-state index in [-0.39, 0.29) is 11.7 Å². The Morgan fingerprint density at radius 1 is 1.44 bits per heavy atom. The molecular formula is C12H12O4. The molecule has 4 heteroatoms. The number of ether oxygens (including phenoxy) is 1. The Morgan fingerprint density at radius 2 is 2.19 bits per heavy atom. The van der Waals surface area contributed by atoms with Crippen molar-refractivity contribution in [1.29, 1.82) is 0 Å². The Morgan fingerprint density at radius 3 is 2.75 bits per heavy atom. The van der Waals surface area contributed by atoms with Gasteiger partial charge in [-0.1, -0.05) is 12.2 Å². The van der Waals surface area contributed by atoms with Gasteiger partial charge in [-0.15, -0.1) is 0 Å². The van der Waals surface area contributed by atoms with E-state index in [0.29, 0.717) is 6.42 Å². The largest absolute Gasteiger partial charge is 0.393 e. The minimum atomic E-state index is -0.775. The van der Waals surface area contributed by atoms with Gasteiger partial charge in [0.25, 0.3) is 0 Å². The average molecular weight is 220 g/mol. The fourth-order valence-corrected chi connectivity index (χ4v) is 3.42. The van der Waals surface area contributed by atoms with E-state index in [9.17, 15) is 14.4 Å². The van der Waals surface area contributed by atoms with Crippen molar-refractivity contribution in [3.05, 3.63) is 12.2 Å². The monoisotopic (exact) mass is 220 g/mol. The second-order valence-corrected chi connectivity index (χ2v) is 4.90. The number of fused-ring (bicyclic) bond motifs is 1. The molecule has 1 heterocycles. The first-order valence-corrected chi connectivity index (χ1v) is 5.52. The molecule has 0 radical (unpaired) electrons. The zero-order chi connectivity index (χ0) is 11.5. The molecule has 1 saturated heterocycles. The molecule has 3 aliphatic carbocycles. The zero-order valence-corrected chi connectivity index (χ0v) is 8.93. The van der Waals surface area contributed by atoms with Gasteiger partial charge in [0.15, 0.2) is 0 Å². The summed E-state index contributed by atoms with van der Waals surface area (Å²) in [6.45, 7) is 1.49. The summed E-state index contributed by atoms with van der Waals surface area (Å²) in [6.07, 6.45) is 5.18. The summed E-state index contributed by atoms with van der Waals surface area (Å²) in [6, 6.07) is 0. The molecule has 84 valence electrons. The van der Waals surface area contributed by atoms with Crippen LogP contribution in [0.5, 0.6) is 0 Å². The lowest BCUT2D eigenvalue weighted by atomic mass is 9.53.